The van der Waals surface area contributed by atoms with Crippen LogP contribution in [0.1, 0.15) is 23.1 Å². The van der Waals surface area contributed by atoms with Crippen molar-refractivity contribution < 1.29 is 9.72 Å². The van der Waals surface area contributed by atoms with Crippen LogP contribution in [0.2, 0.25) is 0 Å². The molecule has 0 spiro atoms. The fourth-order valence-electron chi connectivity index (χ4n) is 2.06. The summed E-state index contributed by atoms with van der Waals surface area (Å²) in [6, 6.07) is 4.61. The van der Waals surface area contributed by atoms with Gasteiger partial charge in [-0.15, -0.1) is 0 Å². The van der Waals surface area contributed by atoms with E-state index in [2.05, 4.69) is 4.98 Å². The van der Waals surface area contributed by atoms with Crippen LogP contribution in [0.25, 0.3) is 0 Å². The predicted octanol–water partition coefficient (Wildman–Crippen LogP) is 2.17. The molecule has 21 heavy (non-hydrogen) atoms. The number of hydrogen-bond acceptors (Lipinski definition) is 5. The smallest absolute Gasteiger partial charge is 0.282 e. The van der Waals surface area contributed by atoms with Gasteiger partial charge in [0.1, 0.15) is 5.82 Å². The fraction of sp³-hybridized carbons (Fsp3) is 0.286. The summed E-state index contributed by atoms with van der Waals surface area (Å²) in [6.07, 6.45) is 3.54. The van der Waals surface area contributed by atoms with E-state index >= 15 is 0 Å². The van der Waals surface area contributed by atoms with E-state index in [1.165, 1.54) is 19.1 Å². The van der Waals surface area contributed by atoms with E-state index in [0.29, 0.717) is 12.2 Å². The Morgan fingerprint density at radius 2 is 2.19 bits per heavy atom. The maximum Gasteiger partial charge on any atom is 0.282 e. The molecule has 0 atom stereocenters. The Morgan fingerprint density at radius 3 is 2.71 bits per heavy atom. The second-order valence-corrected chi connectivity index (χ2v) is 4.83. The Morgan fingerprint density at radius 1 is 1.48 bits per heavy atom. The van der Waals surface area contributed by atoms with E-state index in [1.807, 2.05) is 29.8 Å². The quantitative estimate of drug-likeness (QED) is 0.478. The van der Waals surface area contributed by atoms with E-state index in [0.717, 1.165) is 5.82 Å². The molecule has 2 aromatic rings. The molecule has 1 aromatic carbocycles. The number of Topliss-reactive ketones (excluding diaryl/α,β-unsaturated/α-hetero) is 1. The first-order valence-corrected chi connectivity index (χ1v) is 6.37. The van der Waals surface area contributed by atoms with E-state index in [9.17, 15) is 14.9 Å². The molecule has 0 unspecified atom stereocenters. The largest absolute Gasteiger partial charge is 0.367 e. The SMILES string of the molecule is CC(=O)c1ccc(N(C)Cc2nccn2C)cc1[N+](=O)[O-]. The minimum Gasteiger partial charge on any atom is -0.367 e. The highest BCUT2D eigenvalue weighted by atomic mass is 16.6. The molecule has 0 N–H and O–H groups in total. The first-order valence-electron chi connectivity index (χ1n) is 6.37. The third kappa shape index (κ3) is 3.07. The van der Waals surface area contributed by atoms with Crippen molar-refractivity contribution in [3.8, 4) is 0 Å². The van der Waals surface area contributed by atoms with Crippen molar-refractivity contribution in [3.05, 3.63) is 52.1 Å². The van der Waals surface area contributed by atoms with Crippen LogP contribution >= 0.6 is 0 Å². The molecule has 0 bridgehead atoms. The Kier molecular flexibility index (Phi) is 4.02. The summed E-state index contributed by atoms with van der Waals surface area (Å²) >= 11 is 0. The first-order chi connectivity index (χ1) is 9.90. The molecule has 2 rings (SSSR count). The number of imidazole rings is 1. The van der Waals surface area contributed by atoms with Gasteiger partial charge in [-0.05, 0) is 19.1 Å². The molecule has 0 aliphatic rings. The number of nitrogens with zero attached hydrogens (tertiary/aromatic N) is 4. The van der Waals surface area contributed by atoms with Crippen molar-refractivity contribution in [1.82, 2.24) is 9.55 Å². The number of nitro groups is 1. The molecular weight excluding hydrogens is 272 g/mol. The molecule has 0 aliphatic carbocycles. The van der Waals surface area contributed by atoms with E-state index in [1.54, 1.807) is 12.3 Å². The van der Waals surface area contributed by atoms with Crippen molar-refractivity contribution in [2.75, 3.05) is 11.9 Å². The molecular formula is C14H16N4O3. The van der Waals surface area contributed by atoms with Crippen LogP contribution in [-0.2, 0) is 13.6 Å². The second-order valence-electron chi connectivity index (χ2n) is 4.83. The van der Waals surface area contributed by atoms with Crippen LogP contribution in [0.15, 0.2) is 30.6 Å². The maximum absolute atomic E-state index is 11.4. The van der Waals surface area contributed by atoms with Crippen LogP contribution in [0.4, 0.5) is 11.4 Å². The summed E-state index contributed by atoms with van der Waals surface area (Å²) in [5, 5.41) is 11.1. The van der Waals surface area contributed by atoms with Gasteiger partial charge in [0, 0.05) is 38.2 Å². The molecule has 1 heterocycles. The van der Waals surface area contributed by atoms with Crippen LogP contribution in [-0.4, -0.2) is 27.3 Å². The molecule has 0 saturated carbocycles. The van der Waals surface area contributed by atoms with E-state index < -0.39 is 4.92 Å². The zero-order chi connectivity index (χ0) is 15.6. The van der Waals surface area contributed by atoms with E-state index in [-0.39, 0.29) is 17.0 Å². The lowest BCUT2D eigenvalue weighted by molar-refractivity contribution is -0.385. The zero-order valence-corrected chi connectivity index (χ0v) is 12.1. The number of rotatable bonds is 5. The minimum atomic E-state index is -0.533. The van der Waals surface area contributed by atoms with Gasteiger partial charge < -0.3 is 9.47 Å². The molecule has 7 heteroatoms. The number of nitro benzene ring substituents is 1. The van der Waals surface area contributed by atoms with Crippen LogP contribution < -0.4 is 4.90 Å². The van der Waals surface area contributed by atoms with Gasteiger partial charge in [0.2, 0.25) is 0 Å². The van der Waals surface area contributed by atoms with Gasteiger partial charge in [0.05, 0.1) is 17.0 Å². The summed E-state index contributed by atoms with van der Waals surface area (Å²) in [7, 11) is 3.71. The summed E-state index contributed by atoms with van der Waals surface area (Å²) in [6.45, 7) is 1.83. The monoisotopic (exact) mass is 288 g/mol. The normalized spacial score (nSPS) is 10.4. The lowest BCUT2D eigenvalue weighted by Gasteiger charge is -2.19. The molecule has 1 aromatic heterocycles. The van der Waals surface area contributed by atoms with Gasteiger partial charge in [0.15, 0.2) is 5.78 Å². The highest BCUT2D eigenvalue weighted by Gasteiger charge is 2.19. The molecule has 0 saturated heterocycles. The van der Waals surface area contributed by atoms with Crippen LogP contribution in [0.3, 0.4) is 0 Å². The Hall–Kier alpha value is -2.70. The zero-order valence-electron chi connectivity index (χ0n) is 12.1. The van der Waals surface area contributed by atoms with Gasteiger partial charge in [0.25, 0.3) is 5.69 Å². The lowest BCUT2D eigenvalue weighted by atomic mass is 10.1. The van der Waals surface area contributed by atoms with Gasteiger partial charge in [-0.25, -0.2) is 4.98 Å². The van der Waals surface area contributed by atoms with Crippen molar-refractivity contribution in [2.45, 2.75) is 13.5 Å². The molecule has 0 fully saturated rings. The van der Waals surface area contributed by atoms with Crippen molar-refractivity contribution in [3.63, 3.8) is 0 Å². The third-order valence-electron chi connectivity index (χ3n) is 3.30. The summed E-state index contributed by atoms with van der Waals surface area (Å²) < 4.78 is 1.88. The molecule has 0 radical (unpaired) electrons. The number of anilines is 1. The average molecular weight is 288 g/mol. The highest BCUT2D eigenvalue weighted by molar-refractivity contribution is 5.98. The fourth-order valence-corrected chi connectivity index (χ4v) is 2.06. The van der Waals surface area contributed by atoms with Gasteiger partial charge in [-0.3, -0.25) is 14.9 Å². The van der Waals surface area contributed by atoms with Crippen molar-refractivity contribution >= 4 is 17.2 Å². The maximum atomic E-state index is 11.4. The number of ketones is 1. The summed E-state index contributed by atoms with van der Waals surface area (Å²) in [5.41, 5.74) is 0.607. The van der Waals surface area contributed by atoms with E-state index in [4.69, 9.17) is 0 Å². The van der Waals surface area contributed by atoms with Gasteiger partial charge >= 0.3 is 0 Å². The van der Waals surface area contributed by atoms with Crippen LogP contribution in [0, 0.1) is 10.1 Å². The van der Waals surface area contributed by atoms with Crippen molar-refractivity contribution in [2.24, 2.45) is 7.05 Å². The number of hydrogen-bond donors (Lipinski definition) is 0. The first kappa shape index (κ1) is 14.7. The topological polar surface area (TPSA) is 81.3 Å². The van der Waals surface area contributed by atoms with Crippen LogP contribution in [0.5, 0.6) is 0 Å². The number of carbonyl (C=O) groups excluding carboxylic acids is 1. The summed E-state index contributed by atoms with van der Waals surface area (Å²) in [4.78, 5) is 28.0. The van der Waals surface area contributed by atoms with Gasteiger partial charge in [-0.1, -0.05) is 0 Å². The Balaban J connectivity index is 2.32. The number of benzene rings is 1. The highest BCUT2D eigenvalue weighted by Crippen LogP contribution is 2.26. The van der Waals surface area contributed by atoms with Crippen molar-refractivity contribution in [1.29, 1.82) is 0 Å². The Bertz CT molecular complexity index is 693. The molecule has 0 amide bonds. The predicted molar refractivity (Wildman–Crippen MR) is 78.4 cm³/mol. The second kappa shape index (κ2) is 5.74. The average Bonchev–Trinajstić information content (AvgIpc) is 2.83. The summed E-state index contributed by atoms with van der Waals surface area (Å²) in [5.74, 6) is 0.524. The molecule has 7 nitrogen and oxygen atoms in total. The third-order valence-corrected chi connectivity index (χ3v) is 3.30. The minimum absolute atomic E-state index is 0.120. The number of aromatic nitrogens is 2. The lowest BCUT2D eigenvalue weighted by Crippen LogP contribution is -2.19. The Labute approximate surface area is 122 Å². The number of carbonyl (C=O) groups is 1. The molecule has 110 valence electrons. The standard InChI is InChI=1S/C14H16N4O3/c1-10(19)12-5-4-11(8-13(12)18(20)21)17(3)9-14-15-6-7-16(14)2/h4-8H,9H2,1-3H3. The van der Waals surface area contributed by atoms with Gasteiger partial charge in [-0.2, -0.15) is 0 Å². The number of aryl methyl sites for hydroxylation is 1. The molecule has 0 aliphatic heterocycles.